The molecule has 1 aliphatic carbocycles. The molecule has 29 heavy (non-hydrogen) atoms. The Morgan fingerprint density at radius 1 is 1.24 bits per heavy atom. The molecule has 0 saturated heterocycles. The Kier molecular flexibility index (Phi) is 6.16. The molecule has 3 aromatic rings. The van der Waals surface area contributed by atoms with E-state index in [1.807, 2.05) is 41.5 Å². The summed E-state index contributed by atoms with van der Waals surface area (Å²) in [5.74, 6) is -0.0977. The van der Waals surface area contributed by atoms with Crippen molar-refractivity contribution in [3.05, 3.63) is 59.8 Å². The lowest BCUT2D eigenvalue weighted by Crippen LogP contribution is -2.38. The van der Waals surface area contributed by atoms with Crippen LogP contribution in [0.15, 0.2) is 54.1 Å². The van der Waals surface area contributed by atoms with Crippen molar-refractivity contribution in [2.75, 3.05) is 6.26 Å². The number of thioether (sulfide) groups is 1. The number of aromatic nitrogens is 4. The van der Waals surface area contributed by atoms with E-state index < -0.39 is 0 Å². The molecule has 0 unspecified atom stereocenters. The van der Waals surface area contributed by atoms with Gasteiger partial charge in [-0.25, -0.2) is 9.97 Å². The smallest absolute Gasteiger partial charge is 0.253 e. The second-order valence-corrected chi connectivity index (χ2v) is 8.42. The van der Waals surface area contributed by atoms with Crippen molar-refractivity contribution in [1.29, 1.82) is 0 Å². The van der Waals surface area contributed by atoms with Crippen molar-refractivity contribution in [1.82, 2.24) is 25.1 Å². The van der Waals surface area contributed by atoms with Crippen LogP contribution in [0.1, 0.15) is 42.1 Å². The molecule has 8 heteroatoms. The Morgan fingerprint density at radius 2 is 2.07 bits per heavy atom. The highest BCUT2D eigenvalue weighted by molar-refractivity contribution is 7.98. The molecule has 1 aliphatic rings. The van der Waals surface area contributed by atoms with Crippen molar-refractivity contribution in [2.24, 2.45) is 0 Å². The fourth-order valence-electron chi connectivity index (χ4n) is 3.68. The number of nitrogens with one attached hydrogen (secondary N) is 1. The maximum atomic E-state index is 12.7. The fourth-order valence-corrected chi connectivity index (χ4v) is 4.33. The van der Waals surface area contributed by atoms with Gasteiger partial charge in [0.2, 0.25) is 0 Å². The Labute approximate surface area is 179 Å². The molecule has 6 nitrogen and oxygen atoms in total. The summed E-state index contributed by atoms with van der Waals surface area (Å²) in [6.45, 7) is 0. The molecule has 2 aromatic heterocycles. The number of nitrogens with zero attached hydrogens (tertiary/aromatic N) is 4. The van der Waals surface area contributed by atoms with Crippen LogP contribution in [0.3, 0.4) is 0 Å². The molecule has 0 radical (unpaired) electrons. The van der Waals surface area contributed by atoms with Gasteiger partial charge in [0.1, 0.15) is 6.33 Å². The van der Waals surface area contributed by atoms with E-state index >= 15 is 0 Å². The van der Waals surface area contributed by atoms with Gasteiger partial charge in [-0.1, -0.05) is 11.6 Å². The van der Waals surface area contributed by atoms with Gasteiger partial charge in [-0.3, -0.25) is 9.48 Å². The van der Waals surface area contributed by atoms with Gasteiger partial charge in [0.25, 0.3) is 5.91 Å². The lowest BCUT2D eigenvalue weighted by molar-refractivity contribution is 0.0921. The van der Waals surface area contributed by atoms with Crippen molar-refractivity contribution in [2.45, 2.75) is 42.7 Å². The van der Waals surface area contributed by atoms with Crippen LogP contribution in [0.2, 0.25) is 5.02 Å². The summed E-state index contributed by atoms with van der Waals surface area (Å²) in [7, 11) is 0. The number of benzene rings is 1. The molecule has 150 valence electrons. The van der Waals surface area contributed by atoms with E-state index in [4.69, 9.17) is 11.6 Å². The van der Waals surface area contributed by atoms with E-state index in [-0.39, 0.29) is 11.9 Å². The van der Waals surface area contributed by atoms with Gasteiger partial charge in [0.15, 0.2) is 0 Å². The van der Waals surface area contributed by atoms with E-state index in [0.717, 1.165) is 41.8 Å². The van der Waals surface area contributed by atoms with Gasteiger partial charge in [0, 0.05) is 28.9 Å². The van der Waals surface area contributed by atoms with Crippen molar-refractivity contribution >= 4 is 29.3 Å². The summed E-state index contributed by atoms with van der Waals surface area (Å²) in [5, 5.41) is 8.17. The highest BCUT2D eigenvalue weighted by Gasteiger charge is 2.25. The zero-order chi connectivity index (χ0) is 20.2. The van der Waals surface area contributed by atoms with Crippen LogP contribution >= 0.6 is 23.4 Å². The zero-order valence-corrected chi connectivity index (χ0v) is 17.7. The minimum Gasteiger partial charge on any atom is -0.349 e. The third-order valence-corrected chi connectivity index (χ3v) is 6.36. The largest absolute Gasteiger partial charge is 0.349 e. The van der Waals surface area contributed by atoms with Gasteiger partial charge in [-0.2, -0.15) is 5.10 Å². The zero-order valence-electron chi connectivity index (χ0n) is 16.1. The number of halogens is 1. The van der Waals surface area contributed by atoms with E-state index in [1.54, 1.807) is 30.4 Å². The molecule has 1 saturated carbocycles. The average molecular weight is 428 g/mol. The summed E-state index contributed by atoms with van der Waals surface area (Å²) in [4.78, 5) is 21.9. The molecule has 1 N–H and O–H groups in total. The lowest BCUT2D eigenvalue weighted by Gasteiger charge is -2.29. The molecule has 0 bridgehead atoms. The predicted octanol–water partition coefficient (Wildman–Crippen LogP) is 4.63. The molecular formula is C21H22ClN5OS. The molecular weight excluding hydrogens is 406 g/mol. The summed E-state index contributed by atoms with van der Waals surface area (Å²) < 4.78 is 2.02. The topological polar surface area (TPSA) is 72.7 Å². The number of amides is 1. The van der Waals surface area contributed by atoms with E-state index in [0.29, 0.717) is 16.6 Å². The summed E-state index contributed by atoms with van der Waals surface area (Å²) >= 11 is 7.83. The third kappa shape index (κ3) is 4.62. The molecule has 4 rings (SSSR count). The predicted molar refractivity (Wildman–Crippen MR) is 115 cm³/mol. The van der Waals surface area contributed by atoms with Gasteiger partial charge >= 0.3 is 0 Å². The highest BCUT2D eigenvalue weighted by atomic mass is 35.5. The second kappa shape index (κ2) is 8.97. The second-order valence-electron chi connectivity index (χ2n) is 7.13. The number of hydrogen-bond acceptors (Lipinski definition) is 5. The Balaban J connectivity index is 1.35. The van der Waals surface area contributed by atoms with Crippen LogP contribution in [-0.2, 0) is 0 Å². The quantitative estimate of drug-likeness (QED) is 0.601. The number of hydrogen-bond donors (Lipinski definition) is 1. The Hall–Kier alpha value is -2.38. The first kappa shape index (κ1) is 19.9. The van der Waals surface area contributed by atoms with Crippen LogP contribution < -0.4 is 5.32 Å². The van der Waals surface area contributed by atoms with Crippen molar-refractivity contribution in [3.8, 4) is 11.3 Å². The molecule has 2 heterocycles. The minimum atomic E-state index is -0.0977. The van der Waals surface area contributed by atoms with Gasteiger partial charge < -0.3 is 5.32 Å². The SMILES string of the molecule is CSc1ccc(Cl)c(C(=O)NC2CCC(n3cc(-c4ccncn4)cn3)CC2)c1. The summed E-state index contributed by atoms with van der Waals surface area (Å²) in [6, 6.07) is 7.94. The van der Waals surface area contributed by atoms with Crippen LogP contribution in [0.5, 0.6) is 0 Å². The summed E-state index contributed by atoms with van der Waals surface area (Å²) in [5.41, 5.74) is 2.41. The van der Waals surface area contributed by atoms with E-state index in [2.05, 4.69) is 20.4 Å². The number of rotatable bonds is 5. The van der Waals surface area contributed by atoms with Crippen LogP contribution in [-0.4, -0.2) is 38.0 Å². The molecule has 1 aromatic carbocycles. The first-order chi connectivity index (χ1) is 14.1. The summed E-state index contributed by atoms with van der Waals surface area (Å²) in [6.07, 6.45) is 12.9. The van der Waals surface area contributed by atoms with Gasteiger partial charge in [-0.05, 0) is 56.2 Å². The van der Waals surface area contributed by atoms with E-state index in [9.17, 15) is 4.79 Å². The third-order valence-electron chi connectivity index (χ3n) is 5.30. The normalized spacial score (nSPS) is 19.1. The lowest BCUT2D eigenvalue weighted by atomic mass is 9.91. The molecule has 1 fully saturated rings. The monoisotopic (exact) mass is 427 g/mol. The Bertz CT molecular complexity index is 986. The molecule has 1 amide bonds. The number of carbonyl (C=O) groups is 1. The van der Waals surface area contributed by atoms with Crippen molar-refractivity contribution in [3.63, 3.8) is 0 Å². The standard InChI is InChI=1S/C21H22ClN5OS/c1-29-17-6-7-19(22)18(10-17)21(28)26-15-2-4-16(5-3-15)27-12-14(11-25-27)20-8-9-23-13-24-20/h6-13,15-16H,2-5H2,1H3,(H,26,28). The highest BCUT2D eigenvalue weighted by Crippen LogP contribution is 2.30. The van der Waals surface area contributed by atoms with Gasteiger partial charge in [0.05, 0.1) is 28.5 Å². The molecule has 0 aliphatic heterocycles. The first-order valence-corrected chi connectivity index (χ1v) is 11.2. The fraction of sp³-hybridized carbons (Fsp3) is 0.333. The van der Waals surface area contributed by atoms with Gasteiger partial charge in [-0.15, -0.1) is 11.8 Å². The molecule has 0 atom stereocenters. The minimum absolute atomic E-state index is 0.0977. The van der Waals surface area contributed by atoms with Crippen LogP contribution in [0, 0.1) is 0 Å². The first-order valence-electron chi connectivity index (χ1n) is 9.59. The van der Waals surface area contributed by atoms with Crippen LogP contribution in [0.4, 0.5) is 0 Å². The van der Waals surface area contributed by atoms with Crippen molar-refractivity contribution < 1.29 is 4.79 Å². The average Bonchev–Trinajstić information content (AvgIpc) is 3.25. The maximum absolute atomic E-state index is 12.7. The number of carbonyl (C=O) groups excluding carboxylic acids is 1. The van der Waals surface area contributed by atoms with Crippen LogP contribution in [0.25, 0.3) is 11.3 Å². The maximum Gasteiger partial charge on any atom is 0.253 e. The van der Waals surface area contributed by atoms with E-state index in [1.165, 1.54) is 0 Å². The molecule has 0 spiro atoms. The Morgan fingerprint density at radius 3 is 2.79 bits per heavy atom.